The average molecular weight is 293 g/mol. The molecule has 0 spiro atoms. The fourth-order valence-electron chi connectivity index (χ4n) is 2.64. The average Bonchev–Trinajstić information content (AvgIpc) is 2.56. The Morgan fingerprint density at radius 3 is 1.52 bits per heavy atom. The molecule has 0 amide bonds. The summed E-state index contributed by atoms with van der Waals surface area (Å²) >= 11 is 0. The van der Waals surface area contributed by atoms with Gasteiger partial charge in [0.2, 0.25) is 7.49 Å². The predicted octanol–water partition coefficient (Wildman–Crippen LogP) is 3.20. The lowest BCUT2D eigenvalue weighted by Gasteiger charge is -2.21. The summed E-state index contributed by atoms with van der Waals surface area (Å²) in [6, 6.07) is 28.1. The van der Waals surface area contributed by atoms with Crippen LogP contribution in [0, 0.1) is 6.92 Å². The molecule has 3 aromatic rings. The fraction of sp³-hybridized carbons (Fsp3) is 0.0526. The molecular weight excluding hydrogens is 275 g/mol. The van der Waals surface area contributed by atoms with Gasteiger partial charge in [0.15, 0.2) is 0 Å². The normalized spacial score (nSPS) is 11.3. The molecule has 0 unspecified atom stereocenters. The molecule has 0 aliphatic carbocycles. The molecule has 104 valence electrons. The van der Waals surface area contributed by atoms with Crippen LogP contribution in [0.25, 0.3) is 0 Å². The summed E-state index contributed by atoms with van der Waals surface area (Å²) in [6.07, 6.45) is 0. The summed E-state index contributed by atoms with van der Waals surface area (Å²) in [5, 5.41) is 3.01. The van der Waals surface area contributed by atoms with E-state index in [0.717, 1.165) is 21.5 Å². The molecule has 0 radical (unpaired) electrons. The molecule has 0 aromatic heterocycles. The third kappa shape index (κ3) is 2.51. The van der Waals surface area contributed by atoms with Gasteiger partial charge in [-0.2, -0.15) is 0 Å². The number of rotatable bonds is 3. The molecule has 3 rings (SSSR count). The number of hydrogen-bond donors (Lipinski definition) is 1. The zero-order valence-electron chi connectivity index (χ0n) is 12.0. The molecule has 0 fully saturated rings. The standard InChI is InChI=1S/C19H18OP/c1-16-10-8-9-15-19(16)21(20,17-11-4-2-5-12-17)18-13-6-3-7-14-18/h2-15,20H,1H3/q+1. The summed E-state index contributed by atoms with van der Waals surface area (Å²) in [5.41, 5.74) is 1.13. The van der Waals surface area contributed by atoms with E-state index in [1.807, 2.05) is 78.9 Å². The number of aryl methyl sites for hydroxylation is 1. The van der Waals surface area contributed by atoms with Crippen LogP contribution < -0.4 is 15.9 Å². The lowest BCUT2D eigenvalue weighted by molar-refractivity contribution is 0.633. The van der Waals surface area contributed by atoms with Crippen molar-refractivity contribution in [3.63, 3.8) is 0 Å². The van der Waals surface area contributed by atoms with Gasteiger partial charge in [-0.3, -0.25) is 0 Å². The molecule has 21 heavy (non-hydrogen) atoms. The second-order valence-corrected chi connectivity index (χ2v) is 7.88. The maximum Gasteiger partial charge on any atom is 0.238 e. The van der Waals surface area contributed by atoms with Crippen molar-refractivity contribution >= 4 is 23.4 Å². The summed E-state index contributed by atoms with van der Waals surface area (Å²) in [7, 11) is -2.56. The minimum Gasteiger partial charge on any atom is -0.235 e. The highest BCUT2D eigenvalue weighted by Crippen LogP contribution is 2.51. The Labute approximate surface area is 126 Å². The molecule has 1 nitrogen and oxygen atoms in total. The zero-order chi connectivity index (χ0) is 14.7. The van der Waals surface area contributed by atoms with Crippen LogP contribution in [0.5, 0.6) is 0 Å². The van der Waals surface area contributed by atoms with E-state index in [1.54, 1.807) is 0 Å². The van der Waals surface area contributed by atoms with Crippen molar-refractivity contribution in [2.24, 2.45) is 0 Å². The molecule has 2 heteroatoms. The van der Waals surface area contributed by atoms with Crippen molar-refractivity contribution in [1.82, 2.24) is 0 Å². The Morgan fingerprint density at radius 1 is 0.619 bits per heavy atom. The first-order chi connectivity index (χ1) is 10.2. The summed E-state index contributed by atoms with van der Waals surface area (Å²) in [5.74, 6) is 0. The lowest BCUT2D eigenvalue weighted by Crippen LogP contribution is -2.31. The molecule has 1 N–H and O–H groups in total. The Bertz CT molecular complexity index is 683. The van der Waals surface area contributed by atoms with Crippen molar-refractivity contribution in [1.29, 1.82) is 0 Å². The maximum absolute atomic E-state index is 11.7. The van der Waals surface area contributed by atoms with Gasteiger partial charge in [0.25, 0.3) is 0 Å². The second-order valence-electron chi connectivity index (χ2n) is 5.09. The minimum atomic E-state index is -2.56. The van der Waals surface area contributed by atoms with E-state index in [0.29, 0.717) is 0 Å². The van der Waals surface area contributed by atoms with Crippen LogP contribution in [-0.2, 0) is 0 Å². The highest BCUT2D eigenvalue weighted by molar-refractivity contribution is 7.91. The maximum atomic E-state index is 11.7. The van der Waals surface area contributed by atoms with Crippen molar-refractivity contribution in [2.45, 2.75) is 6.92 Å². The topological polar surface area (TPSA) is 20.2 Å². The zero-order valence-corrected chi connectivity index (χ0v) is 12.9. The molecule has 3 aromatic carbocycles. The third-order valence-electron chi connectivity index (χ3n) is 3.72. The summed E-state index contributed by atoms with van der Waals surface area (Å²) in [4.78, 5) is 11.7. The first-order valence-corrected chi connectivity index (χ1v) is 8.76. The van der Waals surface area contributed by atoms with E-state index in [2.05, 4.69) is 13.0 Å². The van der Waals surface area contributed by atoms with Crippen molar-refractivity contribution in [3.05, 3.63) is 90.5 Å². The van der Waals surface area contributed by atoms with Gasteiger partial charge in [-0.25, -0.2) is 4.89 Å². The van der Waals surface area contributed by atoms with Gasteiger partial charge < -0.3 is 0 Å². The van der Waals surface area contributed by atoms with Gasteiger partial charge in [-0.05, 0) is 42.8 Å². The van der Waals surface area contributed by atoms with Gasteiger partial charge in [0.1, 0.15) is 15.9 Å². The summed E-state index contributed by atoms with van der Waals surface area (Å²) < 4.78 is 0. The van der Waals surface area contributed by atoms with Crippen LogP contribution in [-0.4, -0.2) is 4.89 Å². The van der Waals surface area contributed by atoms with E-state index >= 15 is 0 Å². The molecular formula is C19H18OP+. The molecule has 0 atom stereocenters. The van der Waals surface area contributed by atoms with Gasteiger partial charge in [-0.1, -0.05) is 54.6 Å². The fourth-order valence-corrected chi connectivity index (χ4v) is 5.59. The number of hydrogen-bond acceptors (Lipinski definition) is 1. The molecule has 0 aliphatic rings. The third-order valence-corrected chi connectivity index (χ3v) is 7.01. The lowest BCUT2D eigenvalue weighted by atomic mass is 10.2. The van der Waals surface area contributed by atoms with Crippen molar-refractivity contribution in [2.75, 3.05) is 0 Å². The molecule has 0 heterocycles. The first-order valence-electron chi connectivity index (χ1n) is 7.02. The van der Waals surface area contributed by atoms with Gasteiger partial charge in [-0.15, -0.1) is 0 Å². The van der Waals surface area contributed by atoms with E-state index in [9.17, 15) is 4.89 Å². The predicted molar refractivity (Wildman–Crippen MR) is 92.1 cm³/mol. The van der Waals surface area contributed by atoms with Crippen LogP contribution in [0.2, 0.25) is 0 Å². The molecule has 0 aliphatic heterocycles. The van der Waals surface area contributed by atoms with Crippen LogP contribution in [0.1, 0.15) is 5.56 Å². The Kier molecular flexibility index (Phi) is 3.88. The largest absolute Gasteiger partial charge is 0.238 e. The highest BCUT2D eigenvalue weighted by atomic mass is 31.2. The minimum absolute atomic E-state index is 0.991. The van der Waals surface area contributed by atoms with Crippen LogP contribution in [0.3, 0.4) is 0 Å². The van der Waals surface area contributed by atoms with Crippen LogP contribution in [0.4, 0.5) is 0 Å². The van der Waals surface area contributed by atoms with Gasteiger partial charge >= 0.3 is 0 Å². The quantitative estimate of drug-likeness (QED) is 0.735. The molecule has 0 bridgehead atoms. The van der Waals surface area contributed by atoms with E-state index in [4.69, 9.17) is 0 Å². The number of benzene rings is 3. The SMILES string of the molecule is Cc1ccccc1[P+](O)(c1ccccc1)c1ccccc1. The first kappa shape index (κ1) is 14.0. The smallest absolute Gasteiger partial charge is 0.235 e. The second kappa shape index (κ2) is 5.81. The van der Waals surface area contributed by atoms with Gasteiger partial charge in [0, 0.05) is 0 Å². The van der Waals surface area contributed by atoms with Gasteiger partial charge in [0.05, 0.1) is 0 Å². The van der Waals surface area contributed by atoms with E-state index in [-0.39, 0.29) is 0 Å². The highest BCUT2D eigenvalue weighted by Gasteiger charge is 2.44. The van der Waals surface area contributed by atoms with E-state index in [1.165, 1.54) is 0 Å². The van der Waals surface area contributed by atoms with Crippen LogP contribution >= 0.6 is 7.49 Å². The summed E-state index contributed by atoms with van der Waals surface area (Å²) in [6.45, 7) is 2.06. The monoisotopic (exact) mass is 293 g/mol. The van der Waals surface area contributed by atoms with E-state index < -0.39 is 7.49 Å². The Morgan fingerprint density at radius 2 is 1.05 bits per heavy atom. The molecule has 0 saturated heterocycles. The Balaban J connectivity index is 2.29. The van der Waals surface area contributed by atoms with Crippen molar-refractivity contribution < 1.29 is 4.89 Å². The Hall–Kier alpha value is -1.95. The van der Waals surface area contributed by atoms with Crippen LogP contribution in [0.15, 0.2) is 84.9 Å². The molecule has 0 saturated carbocycles. The van der Waals surface area contributed by atoms with Crippen molar-refractivity contribution in [3.8, 4) is 0 Å².